The Balaban J connectivity index is 0.00000242. The maximum atomic E-state index is 12.1. The van der Waals surface area contributed by atoms with E-state index in [0.29, 0.717) is 30.1 Å². The predicted octanol–water partition coefficient (Wildman–Crippen LogP) is 2.19. The maximum Gasteiger partial charge on any atom is 0.251 e. The van der Waals surface area contributed by atoms with Gasteiger partial charge in [-0.25, -0.2) is 0 Å². The minimum Gasteiger partial charge on any atom is -0.352 e. The quantitative estimate of drug-likeness (QED) is 0.751. The Morgan fingerprint density at radius 1 is 1.36 bits per heavy atom. The standard InChI is InChI=1S/C16H23N3O2.ClH/c1-2-15(20)19-14-5-3-4-13(10-14)16(21)18-9-7-12-6-8-17-11-12;/h3-5,10,12,17H,2,6-9,11H2,1H3,(H,18,21)(H,19,20);1H. The van der Waals surface area contributed by atoms with E-state index in [2.05, 4.69) is 16.0 Å². The van der Waals surface area contributed by atoms with Crippen LogP contribution in [0.4, 0.5) is 5.69 Å². The van der Waals surface area contributed by atoms with E-state index in [1.54, 1.807) is 31.2 Å². The molecule has 1 heterocycles. The summed E-state index contributed by atoms with van der Waals surface area (Å²) in [6.07, 6.45) is 2.62. The summed E-state index contributed by atoms with van der Waals surface area (Å²) in [5.41, 5.74) is 1.24. The van der Waals surface area contributed by atoms with E-state index in [9.17, 15) is 9.59 Å². The molecule has 1 aromatic carbocycles. The fourth-order valence-corrected chi connectivity index (χ4v) is 2.44. The largest absolute Gasteiger partial charge is 0.352 e. The number of rotatable bonds is 6. The molecule has 22 heavy (non-hydrogen) atoms. The van der Waals surface area contributed by atoms with Crippen LogP contribution < -0.4 is 16.0 Å². The number of carbonyl (C=O) groups excluding carboxylic acids is 2. The zero-order valence-corrected chi connectivity index (χ0v) is 13.7. The Morgan fingerprint density at radius 3 is 2.86 bits per heavy atom. The summed E-state index contributed by atoms with van der Waals surface area (Å²) < 4.78 is 0. The Labute approximate surface area is 137 Å². The van der Waals surface area contributed by atoms with Gasteiger partial charge in [0.15, 0.2) is 0 Å². The van der Waals surface area contributed by atoms with Crippen LogP contribution in [0.2, 0.25) is 0 Å². The molecule has 2 rings (SSSR count). The molecular weight excluding hydrogens is 302 g/mol. The van der Waals surface area contributed by atoms with Crippen LogP contribution in [0.1, 0.15) is 36.5 Å². The normalized spacial score (nSPS) is 16.7. The molecule has 1 aliphatic heterocycles. The lowest BCUT2D eigenvalue weighted by Gasteiger charge is -2.10. The Hall–Kier alpha value is -1.59. The Morgan fingerprint density at radius 2 is 2.18 bits per heavy atom. The van der Waals surface area contributed by atoms with Gasteiger partial charge in [-0.3, -0.25) is 9.59 Å². The van der Waals surface area contributed by atoms with Crippen molar-refractivity contribution in [3.05, 3.63) is 29.8 Å². The van der Waals surface area contributed by atoms with Gasteiger partial charge < -0.3 is 16.0 Å². The monoisotopic (exact) mass is 325 g/mol. The van der Waals surface area contributed by atoms with Gasteiger partial charge in [0.05, 0.1) is 0 Å². The van der Waals surface area contributed by atoms with Gasteiger partial charge >= 0.3 is 0 Å². The molecule has 1 atom stereocenters. The van der Waals surface area contributed by atoms with Crippen LogP contribution in [0.3, 0.4) is 0 Å². The van der Waals surface area contributed by atoms with Crippen molar-refractivity contribution in [2.75, 3.05) is 25.0 Å². The van der Waals surface area contributed by atoms with Crippen LogP contribution in [0.25, 0.3) is 0 Å². The van der Waals surface area contributed by atoms with Crippen LogP contribution in [-0.4, -0.2) is 31.4 Å². The molecule has 5 nitrogen and oxygen atoms in total. The lowest BCUT2D eigenvalue weighted by molar-refractivity contribution is -0.115. The molecule has 1 fully saturated rings. The fraction of sp³-hybridized carbons (Fsp3) is 0.500. The van der Waals surface area contributed by atoms with E-state index in [0.717, 1.165) is 19.5 Å². The molecule has 0 radical (unpaired) electrons. The van der Waals surface area contributed by atoms with E-state index < -0.39 is 0 Å². The Kier molecular flexibility index (Phi) is 7.91. The van der Waals surface area contributed by atoms with Crippen molar-refractivity contribution >= 4 is 29.9 Å². The first kappa shape index (κ1) is 18.5. The van der Waals surface area contributed by atoms with Gasteiger partial charge in [0.25, 0.3) is 5.91 Å². The molecule has 3 N–H and O–H groups in total. The average Bonchev–Trinajstić information content (AvgIpc) is 3.00. The third-order valence-corrected chi connectivity index (χ3v) is 3.73. The first-order valence-electron chi connectivity index (χ1n) is 7.58. The first-order chi connectivity index (χ1) is 10.2. The molecule has 1 saturated heterocycles. The van der Waals surface area contributed by atoms with E-state index in [-0.39, 0.29) is 24.2 Å². The number of amides is 2. The zero-order valence-electron chi connectivity index (χ0n) is 12.9. The van der Waals surface area contributed by atoms with Crippen molar-refractivity contribution in [2.24, 2.45) is 5.92 Å². The lowest BCUT2D eigenvalue weighted by Crippen LogP contribution is -2.26. The second kappa shape index (κ2) is 9.43. The second-order valence-corrected chi connectivity index (χ2v) is 5.39. The minimum absolute atomic E-state index is 0. The first-order valence-corrected chi connectivity index (χ1v) is 7.58. The van der Waals surface area contributed by atoms with E-state index >= 15 is 0 Å². The number of nitrogens with one attached hydrogen (secondary N) is 3. The summed E-state index contributed by atoms with van der Waals surface area (Å²) in [7, 11) is 0. The van der Waals surface area contributed by atoms with Crippen LogP contribution in [0, 0.1) is 5.92 Å². The summed E-state index contributed by atoms with van der Waals surface area (Å²) in [5, 5.41) is 9.02. The van der Waals surface area contributed by atoms with E-state index in [1.165, 1.54) is 6.42 Å². The highest BCUT2D eigenvalue weighted by Crippen LogP contribution is 2.13. The molecule has 122 valence electrons. The molecule has 1 aliphatic rings. The summed E-state index contributed by atoms with van der Waals surface area (Å²) >= 11 is 0. The molecule has 1 aromatic rings. The molecule has 2 amide bonds. The van der Waals surface area contributed by atoms with Gasteiger partial charge in [-0.15, -0.1) is 12.4 Å². The summed E-state index contributed by atoms with van der Waals surface area (Å²) in [6.45, 7) is 4.62. The predicted molar refractivity (Wildman–Crippen MR) is 90.5 cm³/mol. The molecule has 6 heteroatoms. The fourth-order valence-electron chi connectivity index (χ4n) is 2.44. The van der Waals surface area contributed by atoms with Crippen molar-refractivity contribution in [1.29, 1.82) is 0 Å². The van der Waals surface area contributed by atoms with Gasteiger partial charge in [0.2, 0.25) is 5.91 Å². The van der Waals surface area contributed by atoms with Gasteiger partial charge in [-0.05, 0) is 50.0 Å². The highest BCUT2D eigenvalue weighted by Gasteiger charge is 2.14. The van der Waals surface area contributed by atoms with Gasteiger partial charge in [-0.1, -0.05) is 13.0 Å². The van der Waals surface area contributed by atoms with Gasteiger partial charge in [0, 0.05) is 24.2 Å². The number of hydrogen-bond acceptors (Lipinski definition) is 3. The smallest absolute Gasteiger partial charge is 0.251 e. The third-order valence-electron chi connectivity index (χ3n) is 3.73. The number of carbonyl (C=O) groups is 2. The van der Waals surface area contributed by atoms with Gasteiger partial charge in [0.1, 0.15) is 0 Å². The number of benzene rings is 1. The average molecular weight is 326 g/mol. The van der Waals surface area contributed by atoms with Crippen molar-refractivity contribution < 1.29 is 9.59 Å². The van der Waals surface area contributed by atoms with E-state index in [4.69, 9.17) is 0 Å². The number of hydrogen-bond donors (Lipinski definition) is 3. The summed E-state index contributed by atoms with van der Waals surface area (Å²) in [5.74, 6) is 0.523. The van der Waals surface area contributed by atoms with Crippen LogP contribution in [0.15, 0.2) is 24.3 Å². The van der Waals surface area contributed by atoms with Crippen molar-refractivity contribution in [2.45, 2.75) is 26.2 Å². The molecule has 0 saturated carbocycles. The molecule has 0 aromatic heterocycles. The van der Waals surface area contributed by atoms with Crippen molar-refractivity contribution in [3.8, 4) is 0 Å². The topological polar surface area (TPSA) is 70.2 Å². The number of halogens is 1. The molecule has 1 unspecified atom stereocenters. The molecular formula is C16H24ClN3O2. The second-order valence-electron chi connectivity index (χ2n) is 5.39. The maximum absolute atomic E-state index is 12.1. The summed E-state index contributed by atoms with van der Waals surface area (Å²) in [4.78, 5) is 23.5. The minimum atomic E-state index is -0.0893. The Bertz CT molecular complexity index is 502. The van der Waals surface area contributed by atoms with Crippen molar-refractivity contribution in [3.63, 3.8) is 0 Å². The SMILES string of the molecule is CCC(=O)Nc1cccc(C(=O)NCCC2CCNC2)c1.Cl. The number of anilines is 1. The molecule has 0 spiro atoms. The van der Waals surface area contributed by atoms with Crippen molar-refractivity contribution in [1.82, 2.24) is 10.6 Å². The van der Waals surface area contributed by atoms with Crippen LogP contribution in [0.5, 0.6) is 0 Å². The highest BCUT2D eigenvalue weighted by molar-refractivity contribution is 5.97. The molecule has 0 bridgehead atoms. The van der Waals surface area contributed by atoms with Crippen LogP contribution >= 0.6 is 12.4 Å². The highest BCUT2D eigenvalue weighted by atomic mass is 35.5. The van der Waals surface area contributed by atoms with Crippen LogP contribution in [-0.2, 0) is 4.79 Å². The third kappa shape index (κ3) is 5.66. The summed E-state index contributed by atoms with van der Waals surface area (Å²) in [6, 6.07) is 7.03. The van der Waals surface area contributed by atoms with Gasteiger partial charge in [-0.2, -0.15) is 0 Å². The lowest BCUT2D eigenvalue weighted by atomic mass is 10.1. The van der Waals surface area contributed by atoms with E-state index in [1.807, 2.05) is 0 Å². The molecule has 0 aliphatic carbocycles. The zero-order chi connectivity index (χ0) is 15.1.